The second-order valence-corrected chi connectivity index (χ2v) is 7.86. The highest BCUT2D eigenvalue weighted by Gasteiger charge is 2.41. The van der Waals surface area contributed by atoms with E-state index in [1.165, 1.54) is 0 Å². The summed E-state index contributed by atoms with van der Waals surface area (Å²) < 4.78 is 0.790. The van der Waals surface area contributed by atoms with E-state index in [2.05, 4.69) is 26.6 Å². The van der Waals surface area contributed by atoms with Crippen molar-refractivity contribution in [3.8, 4) is 0 Å². The van der Waals surface area contributed by atoms with Gasteiger partial charge in [0.1, 0.15) is 5.66 Å². The van der Waals surface area contributed by atoms with Gasteiger partial charge in [-0.2, -0.15) is 0 Å². The van der Waals surface area contributed by atoms with Crippen LogP contribution in [0.1, 0.15) is 33.6 Å². The number of hydrogen-bond acceptors (Lipinski definition) is 3. The first-order valence-corrected chi connectivity index (χ1v) is 9.59. The molecule has 0 saturated carbocycles. The minimum absolute atomic E-state index is 0.00194. The Kier molecular flexibility index (Phi) is 4.40. The van der Waals surface area contributed by atoms with Crippen molar-refractivity contribution in [2.24, 2.45) is 0 Å². The second-order valence-electron chi connectivity index (χ2n) is 6.60. The summed E-state index contributed by atoms with van der Waals surface area (Å²) in [6.45, 7) is 1.12. The van der Waals surface area contributed by atoms with Crippen LogP contribution in [0.25, 0.3) is 0 Å². The van der Waals surface area contributed by atoms with Crippen molar-refractivity contribution in [2.45, 2.75) is 18.5 Å². The molecule has 2 aliphatic rings. The maximum absolute atomic E-state index is 12.8. The van der Waals surface area contributed by atoms with E-state index in [0.29, 0.717) is 42.1 Å². The summed E-state index contributed by atoms with van der Waals surface area (Å²) in [5.74, 6) is -0.173. The number of halogens is 2. The zero-order chi connectivity index (χ0) is 18.3. The molecule has 0 bridgehead atoms. The second kappa shape index (κ2) is 6.59. The van der Waals surface area contributed by atoms with Crippen molar-refractivity contribution >= 4 is 45.0 Å². The molecule has 2 aromatic carbocycles. The number of carbonyl (C=O) groups excluding carboxylic acids is 2. The predicted molar refractivity (Wildman–Crippen MR) is 105 cm³/mol. The molecule has 0 atom stereocenters. The molecule has 0 radical (unpaired) electrons. The zero-order valence-electron chi connectivity index (χ0n) is 13.9. The standard InChI is InChI=1S/C19H17BrClN3O2/c20-13-5-2-1-4-12(13)18(26)24-10-8-19(9-11-24)22-15-7-3-6-14(21)16(15)17(25)23-19/h1-7,22H,8-11H2,(H,23,25). The van der Waals surface area contributed by atoms with E-state index in [0.717, 1.165) is 10.2 Å². The molecule has 0 aromatic heterocycles. The summed E-state index contributed by atoms with van der Waals surface area (Å²) in [7, 11) is 0. The van der Waals surface area contributed by atoms with Crippen LogP contribution >= 0.6 is 27.5 Å². The lowest BCUT2D eigenvalue weighted by Gasteiger charge is -2.46. The normalized spacial score (nSPS) is 18.1. The number of piperidine rings is 1. The number of likely N-dealkylation sites (tertiary alicyclic amines) is 1. The third-order valence-electron chi connectivity index (χ3n) is 4.98. The van der Waals surface area contributed by atoms with E-state index in [4.69, 9.17) is 11.6 Å². The Balaban J connectivity index is 1.51. The van der Waals surface area contributed by atoms with Crippen LogP contribution in [0.4, 0.5) is 5.69 Å². The summed E-state index contributed by atoms with van der Waals surface area (Å²) >= 11 is 9.59. The molecule has 7 heteroatoms. The molecule has 1 saturated heterocycles. The van der Waals surface area contributed by atoms with Gasteiger partial charge < -0.3 is 15.5 Å². The molecule has 1 fully saturated rings. The minimum atomic E-state index is -0.542. The van der Waals surface area contributed by atoms with E-state index in [9.17, 15) is 9.59 Å². The molecule has 2 heterocycles. The van der Waals surface area contributed by atoms with E-state index in [1.807, 2.05) is 41.3 Å². The van der Waals surface area contributed by atoms with Gasteiger partial charge in [0.05, 0.1) is 21.8 Å². The molecule has 5 nitrogen and oxygen atoms in total. The summed E-state index contributed by atoms with van der Waals surface area (Å²) in [4.78, 5) is 27.1. The average molecular weight is 435 g/mol. The smallest absolute Gasteiger partial charge is 0.256 e. The fraction of sp³-hybridized carbons (Fsp3) is 0.263. The molecule has 0 aliphatic carbocycles. The van der Waals surface area contributed by atoms with Crippen LogP contribution in [0.3, 0.4) is 0 Å². The van der Waals surface area contributed by atoms with E-state index in [1.54, 1.807) is 6.07 Å². The molecule has 26 heavy (non-hydrogen) atoms. The Hall–Kier alpha value is -2.05. The van der Waals surface area contributed by atoms with Crippen molar-refractivity contribution in [1.82, 2.24) is 10.2 Å². The number of fused-ring (bicyclic) bond motifs is 1. The number of carbonyl (C=O) groups is 2. The van der Waals surface area contributed by atoms with E-state index >= 15 is 0 Å². The zero-order valence-corrected chi connectivity index (χ0v) is 16.2. The third kappa shape index (κ3) is 2.97. The Morgan fingerprint density at radius 3 is 2.54 bits per heavy atom. The number of anilines is 1. The summed E-state index contributed by atoms with van der Waals surface area (Å²) in [6, 6.07) is 12.8. The van der Waals surface area contributed by atoms with Crippen LogP contribution in [-0.4, -0.2) is 35.5 Å². The average Bonchev–Trinajstić information content (AvgIpc) is 2.62. The monoisotopic (exact) mass is 433 g/mol. The first kappa shape index (κ1) is 17.4. The van der Waals surface area contributed by atoms with Gasteiger partial charge in [-0.15, -0.1) is 0 Å². The van der Waals surface area contributed by atoms with Crippen LogP contribution in [-0.2, 0) is 0 Å². The van der Waals surface area contributed by atoms with E-state index < -0.39 is 5.66 Å². The number of amides is 2. The van der Waals surface area contributed by atoms with Gasteiger partial charge in [0, 0.05) is 30.4 Å². The van der Waals surface area contributed by atoms with Crippen LogP contribution in [0.15, 0.2) is 46.9 Å². The van der Waals surface area contributed by atoms with Crippen molar-refractivity contribution in [1.29, 1.82) is 0 Å². The van der Waals surface area contributed by atoms with E-state index in [-0.39, 0.29) is 11.8 Å². The van der Waals surface area contributed by atoms with Gasteiger partial charge >= 0.3 is 0 Å². The van der Waals surface area contributed by atoms with Crippen molar-refractivity contribution in [2.75, 3.05) is 18.4 Å². The summed E-state index contributed by atoms with van der Waals surface area (Å²) in [5.41, 5.74) is 1.33. The predicted octanol–water partition coefficient (Wildman–Crippen LogP) is 3.89. The molecule has 1 spiro atoms. The number of nitrogens with zero attached hydrogens (tertiary/aromatic N) is 1. The molecule has 2 N–H and O–H groups in total. The lowest BCUT2D eigenvalue weighted by Crippen LogP contribution is -2.62. The van der Waals surface area contributed by atoms with Gasteiger partial charge in [-0.25, -0.2) is 0 Å². The molecule has 0 unspecified atom stereocenters. The fourth-order valence-electron chi connectivity index (χ4n) is 3.57. The quantitative estimate of drug-likeness (QED) is 0.716. The Morgan fingerprint density at radius 1 is 1.08 bits per heavy atom. The maximum Gasteiger partial charge on any atom is 0.256 e. The van der Waals surface area contributed by atoms with Crippen LogP contribution in [0, 0.1) is 0 Å². The minimum Gasteiger partial charge on any atom is -0.362 e. The number of hydrogen-bond donors (Lipinski definition) is 2. The van der Waals surface area contributed by atoms with Crippen molar-refractivity contribution in [3.05, 3.63) is 63.1 Å². The van der Waals surface area contributed by atoms with Gasteiger partial charge in [0.2, 0.25) is 0 Å². The Bertz CT molecular complexity index is 894. The van der Waals surface area contributed by atoms with Crippen molar-refractivity contribution < 1.29 is 9.59 Å². The van der Waals surface area contributed by atoms with Crippen molar-refractivity contribution in [3.63, 3.8) is 0 Å². The molecular formula is C19H17BrClN3O2. The molecule has 2 amide bonds. The van der Waals surface area contributed by atoms with Crippen LogP contribution in [0.2, 0.25) is 5.02 Å². The highest BCUT2D eigenvalue weighted by atomic mass is 79.9. The SMILES string of the molecule is O=C1NC2(CCN(C(=O)c3ccccc3Br)CC2)Nc2cccc(Cl)c21. The van der Waals surface area contributed by atoms with Gasteiger partial charge in [0.25, 0.3) is 11.8 Å². The first-order chi connectivity index (χ1) is 12.5. The molecule has 134 valence electrons. The Labute approximate surface area is 164 Å². The maximum atomic E-state index is 12.8. The lowest BCUT2D eigenvalue weighted by molar-refractivity contribution is 0.0639. The Morgan fingerprint density at radius 2 is 1.81 bits per heavy atom. The van der Waals surface area contributed by atoms with Crippen LogP contribution in [0.5, 0.6) is 0 Å². The molecular weight excluding hydrogens is 418 g/mol. The van der Waals surface area contributed by atoms with Gasteiger partial charge in [-0.1, -0.05) is 29.8 Å². The van der Waals surface area contributed by atoms with Gasteiger partial charge in [0.15, 0.2) is 0 Å². The fourth-order valence-corrected chi connectivity index (χ4v) is 4.29. The lowest BCUT2D eigenvalue weighted by atomic mass is 9.92. The number of nitrogens with one attached hydrogen (secondary N) is 2. The number of benzene rings is 2. The van der Waals surface area contributed by atoms with Crippen LogP contribution < -0.4 is 10.6 Å². The molecule has 4 rings (SSSR count). The summed E-state index contributed by atoms with van der Waals surface area (Å²) in [5, 5.41) is 6.92. The third-order valence-corrected chi connectivity index (χ3v) is 5.98. The largest absolute Gasteiger partial charge is 0.362 e. The topological polar surface area (TPSA) is 61.4 Å². The first-order valence-electron chi connectivity index (χ1n) is 8.42. The van der Waals surface area contributed by atoms with Gasteiger partial charge in [-0.3, -0.25) is 9.59 Å². The summed E-state index contributed by atoms with van der Waals surface area (Å²) in [6.07, 6.45) is 1.25. The molecule has 2 aliphatic heterocycles. The highest BCUT2D eigenvalue weighted by molar-refractivity contribution is 9.10. The highest BCUT2D eigenvalue weighted by Crippen LogP contribution is 2.35. The van der Waals surface area contributed by atoms with Gasteiger partial charge in [-0.05, 0) is 40.2 Å². The number of rotatable bonds is 1. The molecule has 2 aromatic rings.